The number of aliphatic hydroxyl groups is 1. The third-order valence-electron chi connectivity index (χ3n) is 2.62. The summed E-state index contributed by atoms with van der Waals surface area (Å²) in [6, 6.07) is 4.62. The summed E-state index contributed by atoms with van der Waals surface area (Å²) in [6.45, 7) is 1.92. The summed E-state index contributed by atoms with van der Waals surface area (Å²) < 4.78 is 0. The van der Waals surface area contributed by atoms with Crippen LogP contribution in [0.15, 0.2) is 18.2 Å². The number of aryl methyl sites for hydroxylation is 1. The molecular formula is C12H11ClN2O3S. The van der Waals surface area contributed by atoms with Gasteiger partial charge in [0, 0.05) is 29.5 Å². The molecular weight excluding hydrogens is 288 g/mol. The van der Waals surface area contributed by atoms with Gasteiger partial charge in [-0.2, -0.15) is 0 Å². The lowest BCUT2D eigenvalue weighted by atomic mass is 10.2. The monoisotopic (exact) mass is 298 g/mol. The molecule has 0 bridgehead atoms. The van der Waals surface area contributed by atoms with E-state index in [0.29, 0.717) is 17.0 Å². The number of hydrogen-bond donors (Lipinski definition) is 1. The molecule has 1 aromatic carbocycles. The molecule has 0 fully saturated rings. The fraction of sp³-hybridized carbons (Fsp3) is 0.250. The van der Waals surface area contributed by atoms with E-state index in [2.05, 4.69) is 4.98 Å². The highest BCUT2D eigenvalue weighted by atomic mass is 35.5. The molecule has 1 N–H and O–H groups in total. The molecule has 0 saturated heterocycles. The molecule has 7 heteroatoms. The van der Waals surface area contributed by atoms with Crippen molar-refractivity contribution in [2.24, 2.45) is 0 Å². The van der Waals surface area contributed by atoms with Crippen molar-refractivity contribution < 1.29 is 10.0 Å². The van der Waals surface area contributed by atoms with Crippen LogP contribution >= 0.6 is 22.9 Å². The maximum Gasteiger partial charge on any atom is 0.288 e. The van der Waals surface area contributed by atoms with Crippen LogP contribution in [0.2, 0.25) is 5.02 Å². The minimum Gasteiger partial charge on any atom is -0.396 e. The largest absolute Gasteiger partial charge is 0.396 e. The number of thiazole rings is 1. The van der Waals surface area contributed by atoms with Crippen LogP contribution in [0.1, 0.15) is 10.6 Å². The average Bonchev–Trinajstić information content (AvgIpc) is 2.72. The minimum atomic E-state index is -0.513. The molecule has 0 unspecified atom stereocenters. The van der Waals surface area contributed by atoms with Gasteiger partial charge in [0.15, 0.2) is 0 Å². The Labute approximate surface area is 118 Å². The molecule has 0 aliphatic rings. The zero-order valence-electron chi connectivity index (χ0n) is 10.1. The first kappa shape index (κ1) is 13.9. The Hall–Kier alpha value is -1.50. The fourth-order valence-corrected chi connectivity index (χ4v) is 2.90. The first-order valence-corrected chi connectivity index (χ1v) is 6.74. The molecule has 0 spiro atoms. The van der Waals surface area contributed by atoms with E-state index in [4.69, 9.17) is 16.7 Å². The second-order valence-corrected chi connectivity index (χ2v) is 5.42. The summed E-state index contributed by atoms with van der Waals surface area (Å²) in [5, 5.41) is 20.6. The molecule has 0 radical (unpaired) electrons. The first-order valence-electron chi connectivity index (χ1n) is 5.54. The number of halogens is 1. The van der Waals surface area contributed by atoms with Gasteiger partial charge in [-0.05, 0) is 19.1 Å². The predicted octanol–water partition coefficient (Wildman–Crippen LogP) is 3.21. The van der Waals surface area contributed by atoms with E-state index < -0.39 is 4.92 Å². The normalized spacial score (nSPS) is 10.7. The van der Waals surface area contributed by atoms with Gasteiger partial charge in [0.1, 0.15) is 10.0 Å². The van der Waals surface area contributed by atoms with E-state index in [-0.39, 0.29) is 17.3 Å². The van der Waals surface area contributed by atoms with Crippen molar-refractivity contribution in [3.05, 3.63) is 43.9 Å². The smallest absolute Gasteiger partial charge is 0.288 e. The number of aliphatic hydroxyl groups excluding tert-OH is 1. The SMILES string of the molecule is Cc1nc(-c2ccc(Cl)c([N+](=O)[O-])c2)sc1CCO. The molecule has 2 rings (SSSR count). The van der Waals surface area contributed by atoms with Crippen molar-refractivity contribution in [3.63, 3.8) is 0 Å². The molecule has 0 amide bonds. The van der Waals surface area contributed by atoms with Gasteiger partial charge in [0.2, 0.25) is 0 Å². The van der Waals surface area contributed by atoms with Crippen LogP contribution in [0.25, 0.3) is 10.6 Å². The molecule has 0 atom stereocenters. The van der Waals surface area contributed by atoms with Crippen molar-refractivity contribution in [1.29, 1.82) is 0 Å². The van der Waals surface area contributed by atoms with Crippen molar-refractivity contribution in [2.45, 2.75) is 13.3 Å². The van der Waals surface area contributed by atoms with E-state index in [0.717, 1.165) is 10.6 Å². The number of nitro groups is 1. The van der Waals surface area contributed by atoms with Gasteiger partial charge in [0.25, 0.3) is 5.69 Å². The summed E-state index contributed by atoms with van der Waals surface area (Å²) in [7, 11) is 0. The van der Waals surface area contributed by atoms with E-state index in [1.165, 1.54) is 23.5 Å². The van der Waals surface area contributed by atoms with E-state index in [1.54, 1.807) is 6.07 Å². The first-order chi connectivity index (χ1) is 9.02. The number of aromatic nitrogens is 1. The summed E-state index contributed by atoms with van der Waals surface area (Å²) in [4.78, 5) is 15.7. The highest BCUT2D eigenvalue weighted by molar-refractivity contribution is 7.15. The van der Waals surface area contributed by atoms with Crippen molar-refractivity contribution in [3.8, 4) is 10.6 Å². The Balaban J connectivity index is 2.44. The molecule has 19 heavy (non-hydrogen) atoms. The van der Waals surface area contributed by atoms with E-state index in [9.17, 15) is 10.1 Å². The second kappa shape index (κ2) is 5.64. The highest BCUT2D eigenvalue weighted by Crippen LogP contribution is 2.33. The molecule has 2 aromatic rings. The zero-order chi connectivity index (χ0) is 14.0. The molecule has 0 aliphatic carbocycles. The quantitative estimate of drug-likeness (QED) is 0.694. The van der Waals surface area contributed by atoms with Gasteiger partial charge < -0.3 is 5.11 Å². The Bertz CT molecular complexity index is 627. The number of hydrogen-bond acceptors (Lipinski definition) is 5. The van der Waals surface area contributed by atoms with Crippen molar-refractivity contribution in [1.82, 2.24) is 4.98 Å². The Morgan fingerprint density at radius 2 is 2.26 bits per heavy atom. The second-order valence-electron chi connectivity index (χ2n) is 3.92. The summed E-state index contributed by atoms with van der Waals surface area (Å²) in [5.74, 6) is 0. The van der Waals surface area contributed by atoms with Crippen LogP contribution in [0, 0.1) is 17.0 Å². The lowest BCUT2D eigenvalue weighted by Crippen LogP contribution is -1.89. The lowest BCUT2D eigenvalue weighted by Gasteiger charge is -1.98. The predicted molar refractivity (Wildman–Crippen MR) is 74.7 cm³/mol. The molecule has 0 saturated carbocycles. The maximum atomic E-state index is 10.9. The summed E-state index contributed by atoms with van der Waals surface area (Å²) >= 11 is 7.20. The van der Waals surface area contributed by atoms with Crippen molar-refractivity contribution >= 4 is 28.6 Å². The van der Waals surface area contributed by atoms with Crippen LogP contribution in [0.5, 0.6) is 0 Å². The van der Waals surface area contributed by atoms with Crippen LogP contribution in [-0.2, 0) is 6.42 Å². The number of nitro benzene ring substituents is 1. The third kappa shape index (κ3) is 2.91. The van der Waals surface area contributed by atoms with E-state index >= 15 is 0 Å². The van der Waals surface area contributed by atoms with Gasteiger partial charge in [-0.25, -0.2) is 4.98 Å². The van der Waals surface area contributed by atoms with Gasteiger partial charge in [0.05, 0.1) is 10.6 Å². The molecule has 5 nitrogen and oxygen atoms in total. The number of nitrogens with zero attached hydrogens (tertiary/aromatic N) is 2. The summed E-state index contributed by atoms with van der Waals surface area (Å²) in [6.07, 6.45) is 0.541. The van der Waals surface area contributed by atoms with Gasteiger partial charge in [-0.15, -0.1) is 11.3 Å². The zero-order valence-corrected chi connectivity index (χ0v) is 11.7. The van der Waals surface area contributed by atoms with Crippen LogP contribution in [-0.4, -0.2) is 21.6 Å². The Morgan fingerprint density at radius 3 is 2.89 bits per heavy atom. The number of rotatable bonds is 4. The van der Waals surface area contributed by atoms with Crippen LogP contribution in [0.4, 0.5) is 5.69 Å². The molecule has 100 valence electrons. The fourth-order valence-electron chi connectivity index (χ4n) is 1.67. The van der Waals surface area contributed by atoms with Gasteiger partial charge >= 0.3 is 0 Å². The average molecular weight is 299 g/mol. The topological polar surface area (TPSA) is 76.3 Å². The molecule has 0 aliphatic heterocycles. The molecule has 1 heterocycles. The Kier molecular flexibility index (Phi) is 4.14. The maximum absolute atomic E-state index is 10.9. The molecule has 1 aromatic heterocycles. The Morgan fingerprint density at radius 1 is 1.53 bits per heavy atom. The van der Waals surface area contributed by atoms with Crippen LogP contribution in [0.3, 0.4) is 0 Å². The highest BCUT2D eigenvalue weighted by Gasteiger charge is 2.16. The van der Waals surface area contributed by atoms with Gasteiger partial charge in [-0.3, -0.25) is 10.1 Å². The number of benzene rings is 1. The lowest BCUT2D eigenvalue weighted by molar-refractivity contribution is -0.384. The van der Waals surface area contributed by atoms with E-state index in [1.807, 2.05) is 6.92 Å². The minimum absolute atomic E-state index is 0.0588. The standard InChI is InChI=1S/C12H11ClN2O3S/c1-7-11(4-5-16)19-12(14-7)8-2-3-9(13)10(6-8)15(17)18/h2-3,6,16H,4-5H2,1H3. The third-order valence-corrected chi connectivity index (χ3v) is 4.21. The van der Waals surface area contributed by atoms with Crippen molar-refractivity contribution in [2.75, 3.05) is 6.61 Å². The summed E-state index contributed by atoms with van der Waals surface area (Å²) in [5.41, 5.74) is 1.37. The van der Waals surface area contributed by atoms with Gasteiger partial charge in [-0.1, -0.05) is 11.6 Å². The van der Waals surface area contributed by atoms with Crippen LogP contribution < -0.4 is 0 Å².